The summed E-state index contributed by atoms with van der Waals surface area (Å²) < 4.78 is 0. The van der Waals surface area contributed by atoms with Crippen molar-refractivity contribution in [1.82, 2.24) is 10.6 Å². The molecule has 2 amide bonds. The molecule has 96 valence electrons. The first-order valence-electron chi connectivity index (χ1n) is 6.22. The zero-order valence-electron chi connectivity index (χ0n) is 10.7. The number of nitrogens with one attached hydrogen (secondary N) is 2. The highest BCUT2D eigenvalue weighted by Crippen LogP contribution is 2.14. The van der Waals surface area contributed by atoms with E-state index in [1.807, 2.05) is 0 Å². The predicted octanol–water partition coefficient (Wildman–Crippen LogP) is 1.31. The normalized spacial score (nSPS) is 19.4. The molecule has 0 aromatic heterocycles. The second-order valence-corrected chi connectivity index (χ2v) is 4.95. The van der Waals surface area contributed by atoms with Crippen LogP contribution in [-0.4, -0.2) is 17.9 Å². The Bertz CT molecular complexity index is 451. The molecule has 2 N–H and O–H groups in total. The van der Waals surface area contributed by atoms with Crippen LogP contribution in [0.5, 0.6) is 0 Å². The fourth-order valence-electron chi connectivity index (χ4n) is 1.98. The van der Waals surface area contributed by atoms with Crippen LogP contribution in [-0.2, 0) is 16.1 Å². The third-order valence-electron chi connectivity index (χ3n) is 3.17. The van der Waals surface area contributed by atoms with Gasteiger partial charge in [0, 0.05) is 6.54 Å². The summed E-state index contributed by atoms with van der Waals surface area (Å²) >= 11 is 0. The molecule has 0 radical (unpaired) electrons. The molecule has 1 fully saturated rings. The van der Waals surface area contributed by atoms with Crippen molar-refractivity contribution >= 4 is 11.8 Å². The van der Waals surface area contributed by atoms with Crippen LogP contribution in [0, 0.1) is 0 Å². The Balaban J connectivity index is 1.90. The van der Waals surface area contributed by atoms with E-state index in [-0.39, 0.29) is 24.3 Å². The minimum atomic E-state index is -0.387. The Kier molecular flexibility index (Phi) is 3.77. The van der Waals surface area contributed by atoms with Crippen LogP contribution in [0.25, 0.3) is 0 Å². The summed E-state index contributed by atoms with van der Waals surface area (Å²) in [4.78, 5) is 22.4. The third kappa shape index (κ3) is 2.96. The molecule has 1 aromatic carbocycles. The zero-order valence-corrected chi connectivity index (χ0v) is 10.7. The van der Waals surface area contributed by atoms with Gasteiger partial charge in [-0.05, 0) is 17.0 Å². The molecule has 0 saturated carbocycles. The molecule has 0 spiro atoms. The molecule has 4 nitrogen and oxygen atoms in total. The minimum Gasteiger partial charge on any atom is -0.301 e. The molecular weight excluding hydrogens is 228 g/mol. The van der Waals surface area contributed by atoms with Gasteiger partial charge in [0.2, 0.25) is 11.8 Å². The molecule has 1 heterocycles. The summed E-state index contributed by atoms with van der Waals surface area (Å²) in [7, 11) is 0. The highest BCUT2D eigenvalue weighted by atomic mass is 16.2. The summed E-state index contributed by atoms with van der Waals surface area (Å²) in [6.45, 7) is 4.91. The van der Waals surface area contributed by atoms with E-state index in [4.69, 9.17) is 0 Å². The Morgan fingerprint density at radius 3 is 2.44 bits per heavy atom. The van der Waals surface area contributed by atoms with Crippen molar-refractivity contribution in [3.05, 3.63) is 35.4 Å². The largest absolute Gasteiger partial charge is 0.301 e. The Morgan fingerprint density at radius 1 is 1.28 bits per heavy atom. The maximum atomic E-state index is 11.4. The molecule has 0 aliphatic carbocycles. The van der Waals surface area contributed by atoms with Crippen molar-refractivity contribution in [3.8, 4) is 0 Å². The lowest BCUT2D eigenvalue weighted by Crippen LogP contribution is -2.35. The highest BCUT2D eigenvalue weighted by molar-refractivity contribution is 6.05. The van der Waals surface area contributed by atoms with Crippen LogP contribution in [0.3, 0.4) is 0 Å². The molecule has 18 heavy (non-hydrogen) atoms. The third-order valence-corrected chi connectivity index (χ3v) is 3.17. The van der Waals surface area contributed by atoms with Gasteiger partial charge < -0.3 is 5.32 Å². The van der Waals surface area contributed by atoms with E-state index in [0.717, 1.165) is 5.56 Å². The maximum Gasteiger partial charge on any atom is 0.244 e. The number of carbonyl (C=O) groups excluding carboxylic acids is 2. The second-order valence-electron chi connectivity index (χ2n) is 4.95. The van der Waals surface area contributed by atoms with Crippen molar-refractivity contribution in [2.75, 3.05) is 0 Å². The molecule has 0 bridgehead atoms. The molecule has 1 aliphatic heterocycles. The second kappa shape index (κ2) is 5.31. The summed E-state index contributed by atoms with van der Waals surface area (Å²) in [5, 5.41) is 5.38. The number of hydrogen-bond donors (Lipinski definition) is 2. The highest BCUT2D eigenvalue weighted by Gasteiger charge is 2.29. The Labute approximate surface area is 107 Å². The van der Waals surface area contributed by atoms with Crippen LogP contribution in [0.4, 0.5) is 0 Å². The standard InChI is InChI=1S/C14H18N2O2/c1-9(2)11-5-3-10(4-6-11)8-15-12-7-13(17)16-14(12)18/h3-6,9,12,15H,7-8H2,1-2H3,(H,16,17,18). The summed E-state index contributed by atoms with van der Waals surface area (Å²) in [5.74, 6) is 0.0942. The Morgan fingerprint density at radius 2 is 1.94 bits per heavy atom. The first-order valence-corrected chi connectivity index (χ1v) is 6.22. The molecule has 1 saturated heterocycles. The van der Waals surface area contributed by atoms with Gasteiger partial charge in [0.25, 0.3) is 0 Å². The monoisotopic (exact) mass is 246 g/mol. The van der Waals surface area contributed by atoms with Gasteiger partial charge in [-0.3, -0.25) is 14.9 Å². The zero-order chi connectivity index (χ0) is 13.1. The van der Waals surface area contributed by atoms with Crippen molar-refractivity contribution in [3.63, 3.8) is 0 Å². The maximum absolute atomic E-state index is 11.4. The van der Waals surface area contributed by atoms with Gasteiger partial charge in [-0.15, -0.1) is 0 Å². The first-order chi connectivity index (χ1) is 8.56. The summed E-state index contributed by atoms with van der Waals surface area (Å²) in [6, 6.07) is 7.92. The van der Waals surface area contributed by atoms with Gasteiger partial charge in [0.1, 0.15) is 0 Å². The molecular formula is C14H18N2O2. The lowest BCUT2D eigenvalue weighted by molar-refractivity contribution is -0.125. The molecule has 1 atom stereocenters. The molecule has 1 aromatic rings. The van der Waals surface area contributed by atoms with E-state index in [2.05, 4.69) is 48.7 Å². The van der Waals surface area contributed by atoms with E-state index >= 15 is 0 Å². The van der Waals surface area contributed by atoms with E-state index in [1.165, 1.54) is 5.56 Å². The molecule has 1 aliphatic rings. The van der Waals surface area contributed by atoms with Crippen LogP contribution in [0.15, 0.2) is 24.3 Å². The van der Waals surface area contributed by atoms with E-state index < -0.39 is 0 Å². The number of amides is 2. The molecule has 4 heteroatoms. The van der Waals surface area contributed by atoms with Crippen LogP contribution in [0.2, 0.25) is 0 Å². The van der Waals surface area contributed by atoms with Crippen molar-refractivity contribution in [2.45, 2.75) is 38.8 Å². The molecule has 1 unspecified atom stereocenters. The van der Waals surface area contributed by atoms with Crippen LogP contribution in [0.1, 0.15) is 37.3 Å². The fraction of sp³-hybridized carbons (Fsp3) is 0.429. The molecule has 2 rings (SSSR count). The average Bonchev–Trinajstić information content (AvgIpc) is 2.66. The van der Waals surface area contributed by atoms with Gasteiger partial charge in [-0.1, -0.05) is 38.1 Å². The van der Waals surface area contributed by atoms with Gasteiger partial charge in [0.15, 0.2) is 0 Å². The van der Waals surface area contributed by atoms with Gasteiger partial charge in [-0.25, -0.2) is 0 Å². The van der Waals surface area contributed by atoms with Gasteiger partial charge in [-0.2, -0.15) is 0 Å². The van der Waals surface area contributed by atoms with E-state index in [0.29, 0.717) is 12.5 Å². The van der Waals surface area contributed by atoms with E-state index in [1.54, 1.807) is 0 Å². The first kappa shape index (κ1) is 12.8. The van der Waals surface area contributed by atoms with Crippen LogP contribution < -0.4 is 10.6 Å². The predicted molar refractivity (Wildman–Crippen MR) is 68.9 cm³/mol. The lowest BCUT2D eigenvalue weighted by Gasteiger charge is -2.10. The fourth-order valence-corrected chi connectivity index (χ4v) is 1.98. The average molecular weight is 246 g/mol. The number of benzene rings is 1. The van der Waals surface area contributed by atoms with E-state index in [9.17, 15) is 9.59 Å². The summed E-state index contributed by atoms with van der Waals surface area (Å²) in [5.41, 5.74) is 2.42. The number of imide groups is 1. The quantitative estimate of drug-likeness (QED) is 0.788. The van der Waals surface area contributed by atoms with Crippen molar-refractivity contribution in [2.24, 2.45) is 0 Å². The number of hydrogen-bond acceptors (Lipinski definition) is 3. The smallest absolute Gasteiger partial charge is 0.244 e. The van der Waals surface area contributed by atoms with Crippen LogP contribution >= 0.6 is 0 Å². The van der Waals surface area contributed by atoms with Crippen molar-refractivity contribution < 1.29 is 9.59 Å². The number of rotatable bonds is 4. The minimum absolute atomic E-state index is 0.201. The lowest BCUT2D eigenvalue weighted by atomic mass is 10.0. The SMILES string of the molecule is CC(C)c1ccc(CNC2CC(=O)NC2=O)cc1. The van der Waals surface area contributed by atoms with Crippen molar-refractivity contribution in [1.29, 1.82) is 0 Å². The topological polar surface area (TPSA) is 58.2 Å². The Hall–Kier alpha value is -1.68. The van der Waals surface area contributed by atoms with Gasteiger partial charge in [0.05, 0.1) is 12.5 Å². The van der Waals surface area contributed by atoms with Gasteiger partial charge >= 0.3 is 0 Å². The summed E-state index contributed by atoms with van der Waals surface area (Å²) in [6.07, 6.45) is 0.239. The number of carbonyl (C=O) groups is 2.